The Balaban J connectivity index is 2.62. The normalized spacial score (nSPS) is 10.1. The summed E-state index contributed by atoms with van der Waals surface area (Å²) in [6.07, 6.45) is 0. The Morgan fingerprint density at radius 3 is 2.87 bits per heavy atom. The van der Waals surface area contributed by atoms with Crippen molar-refractivity contribution in [2.45, 2.75) is 6.92 Å². The molecule has 1 rings (SSSR count). The van der Waals surface area contributed by atoms with Crippen molar-refractivity contribution in [3.8, 4) is 5.75 Å². The van der Waals surface area contributed by atoms with Crippen LogP contribution in [0.1, 0.15) is 6.92 Å². The average molecular weight is 208 g/mol. The highest BCUT2D eigenvalue weighted by Gasteiger charge is 2.01. The fraction of sp³-hybridized carbons (Fsp3) is 0.500. The van der Waals surface area contributed by atoms with Crippen LogP contribution in [-0.2, 0) is 0 Å². The third-order valence-corrected chi connectivity index (χ3v) is 2.27. The fourth-order valence-electron chi connectivity index (χ4n) is 1.39. The summed E-state index contributed by atoms with van der Waals surface area (Å²) in [6.45, 7) is 4.68. The number of benzene rings is 1. The molecule has 0 atom stereocenters. The molecule has 3 nitrogen and oxygen atoms in total. The van der Waals surface area contributed by atoms with Crippen molar-refractivity contribution < 1.29 is 4.74 Å². The summed E-state index contributed by atoms with van der Waals surface area (Å²) in [7, 11) is 4.05. The minimum atomic E-state index is 0.712. The van der Waals surface area contributed by atoms with Gasteiger partial charge in [-0.15, -0.1) is 0 Å². The zero-order valence-electron chi connectivity index (χ0n) is 9.79. The van der Waals surface area contributed by atoms with Gasteiger partial charge in [0.15, 0.2) is 0 Å². The number of nitrogens with one attached hydrogen (secondary N) is 1. The van der Waals surface area contributed by atoms with Crippen LogP contribution in [0.3, 0.4) is 0 Å². The van der Waals surface area contributed by atoms with E-state index in [4.69, 9.17) is 4.74 Å². The highest BCUT2D eigenvalue weighted by Crippen LogP contribution is 2.19. The minimum absolute atomic E-state index is 0.712. The van der Waals surface area contributed by atoms with Gasteiger partial charge in [-0.3, -0.25) is 0 Å². The molecule has 0 unspecified atom stereocenters. The Kier molecular flexibility index (Phi) is 4.98. The van der Waals surface area contributed by atoms with Gasteiger partial charge in [0.05, 0.1) is 6.61 Å². The number of anilines is 1. The van der Waals surface area contributed by atoms with Crippen molar-refractivity contribution in [3.05, 3.63) is 24.3 Å². The number of hydrogen-bond acceptors (Lipinski definition) is 3. The SMILES string of the molecule is CCOc1cccc(N(C)CCNC)c1. The number of hydrogen-bond donors (Lipinski definition) is 1. The fourth-order valence-corrected chi connectivity index (χ4v) is 1.39. The predicted octanol–water partition coefficient (Wildman–Crippen LogP) is 1.74. The van der Waals surface area contributed by atoms with Crippen LogP contribution in [0.5, 0.6) is 5.75 Å². The van der Waals surface area contributed by atoms with Gasteiger partial charge >= 0.3 is 0 Å². The molecular weight excluding hydrogens is 188 g/mol. The molecule has 0 radical (unpaired) electrons. The van der Waals surface area contributed by atoms with Crippen molar-refractivity contribution in [2.24, 2.45) is 0 Å². The van der Waals surface area contributed by atoms with Crippen molar-refractivity contribution in [3.63, 3.8) is 0 Å². The standard InChI is InChI=1S/C12H20N2O/c1-4-15-12-7-5-6-11(10-12)14(3)9-8-13-2/h5-7,10,13H,4,8-9H2,1-3H3. The second-order valence-electron chi connectivity index (χ2n) is 3.46. The molecule has 0 amide bonds. The van der Waals surface area contributed by atoms with Crippen LogP contribution in [0.25, 0.3) is 0 Å². The Labute approximate surface area is 92.0 Å². The summed E-state index contributed by atoms with van der Waals surface area (Å²) in [5.74, 6) is 0.936. The molecule has 0 bridgehead atoms. The first-order valence-corrected chi connectivity index (χ1v) is 5.36. The zero-order valence-corrected chi connectivity index (χ0v) is 9.79. The highest BCUT2D eigenvalue weighted by atomic mass is 16.5. The topological polar surface area (TPSA) is 24.5 Å². The summed E-state index contributed by atoms with van der Waals surface area (Å²) in [5, 5.41) is 3.14. The van der Waals surface area contributed by atoms with Gasteiger partial charge in [-0.2, -0.15) is 0 Å². The van der Waals surface area contributed by atoms with Gasteiger partial charge in [0.1, 0.15) is 5.75 Å². The Morgan fingerprint density at radius 2 is 2.20 bits per heavy atom. The maximum atomic E-state index is 5.46. The van der Waals surface area contributed by atoms with E-state index in [2.05, 4.69) is 29.4 Å². The van der Waals surface area contributed by atoms with Gasteiger partial charge in [-0.25, -0.2) is 0 Å². The lowest BCUT2D eigenvalue weighted by Gasteiger charge is -2.19. The average Bonchev–Trinajstić information content (AvgIpc) is 2.27. The first-order valence-electron chi connectivity index (χ1n) is 5.36. The third kappa shape index (κ3) is 3.80. The van der Waals surface area contributed by atoms with Gasteiger partial charge in [0.25, 0.3) is 0 Å². The molecule has 0 aliphatic heterocycles. The van der Waals surface area contributed by atoms with E-state index in [9.17, 15) is 0 Å². The lowest BCUT2D eigenvalue weighted by molar-refractivity contribution is 0.340. The molecular formula is C12H20N2O. The molecule has 1 N–H and O–H groups in total. The van der Waals surface area contributed by atoms with Gasteiger partial charge < -0.3 is 15.0 Å². The van der Waals surface area contributed by atoms with Crippen LogP contribution >= 0.6 is 0 Å². The Hall–Kier alpha value is -1.22. The van der Waals surface area contributed by atoms with E-state index >= 15 is 0 Å². The molecule has 1 aromatic rings. The van der Waals surface area contributed by atoms with Crippen LogP contribution in [0.2, 0.25) is 0 Å². The van der Waals surface area contributed by atoms with E-state index in [0.717, 1.165) is 18.8 Å². The largest absolute Gasteiger partial charge is 0.494 e. The van der Waals surface area contributed by atoms with E-state index in [0.29, 0.717) is 6.61 Å². The predicted molar refractivity (Wildman–Crippen MR) is 64.8 cm³/mol. The lowest BCUT2D eigenvalue weighted by atomic mass is 10.3. The van der Waals surface area contributed by atoms with Crippen LogP contribution in [0.4, 0.5) is 5.69 Å². The number of rotatable bonds is 6. The summed E-state index contributed by atoms with van der Waals surface area (Å²) < 4.78 is 5.46. The maximum Gasteiger partial charge on any atom is 0.121 e. The van der Waals surface area contributed by atoms with E-state index in [-0.39, 0.29) is 0 Å². The minimum Gasteiger partial charge on any atom is -0.494 e. The van der Waals surface area contributed by atoms with Crippen LogP contribution < -0.4 is 15.0 Å². The first-order chi connectivity index (χ1) is 7.27. The summed E-state index contributed by atoms with van der Waals surface area (Å²) in [5.41, 5.74) is 1.19. The summed E-state index contributed by atoms with van der Waals surface area (Å²) >= 11 is 0. The van der Waals surface area contributed by atoms with E-state index in [1.54, 1.807) is 0 Å². The number of ether oxygens (including phenoxy) is 1. The lowest BCUT2D eigenvalue weighted by Crippen LogP contribution is -2.26. The molecule has 0 saturated heterocycles. The van der Waals surface area contributed by atoms with Gasteiger partial charge in [0.2, 0.25) is 0 Å². The summed E-state index contributed by atoms with van der Waals surface area (Å²) in [6, 6.07) is 8.17. The molecule has 15 heavy (non-hydrogen) atoms. The van der Waals surface area contributed by atoms with Gasteiger partial charge in [0, 0.05) is 31.9 Å². The molecule has 0 aliphatic carbocycles. The monoisotopic (exact) mass is 208 g/mol. The quantitative estimate of drug-likeness (QED) is 0.770. The van der Waals surface area contributed by atoms with Crippen LogP contribution in [0.15, 0.2) is 24.3 Å². The molecule has 84 valence electrons. The maximum absolute atomic E-state index is 5.46. The van der Waals surface area contributed by atoms with Crippen LogP contribution in [-0.4, -0.2) is 33.8 Å². The smallest absolute Gasteiger partial charge is 0.121 e. The summed E-state index contributed by atoms with van der Waals surface area (Å²) in [4.78, 5) is 2.21. The Bertz CT molecular complexity index is 289. The molecule has 0 aromatic heterocycles. The molecule has 0 heterocycles. The molecule has 3 heteroatoms. The van der Waals surface area contributed by atoms with Crippen molar-refractivity contribution in [1.82, 2.24) is 5.32 Å². The van der Waals surface area contributed by atoms with Crippen molar-refractivity contribution in [1.29, 1.82) is 0 Å². The van der Waals surface area contributed by atoms with Gasteiger partial charge in [-0.05, 0) is 26.1 Å². The highest BCUT2D eigenvalue weighted by molar-refractivity contribution is 5.50. The van der Waals surface area contributed by atoms with Gasteiger partial charge in [-0.1, -0.05) is 6.07 Å². The van der Waals surface area contributed by atoms with E-state index < -0.39 is 0 Å². The number of likely N-dealkylation sites (N-methyl/N-ethyl adjacent to an activating group) is 2. The van der Waals surface area contributed by atoms with Crippen molar-refractivity contribution >= 4 is 5.69 Å². The first kappa shape index (κ1) is 11.9. The molecule has 0 saturated carbocycles. The number of nitrogens with zero attached hydrogens (tertiary/aromatic N) is 1. The van der Waals surface area contributed by atoms with E-state index in [1.807, 2.05) is 26.1 Å². The van der Waals surface area contributed by atoms with Crippen molar-refractivity contribution in [2.75, 3.05) is 38.7 Å². The molecule has 0 fully saturated rings. The second kappa shape index (κ2) is 6.30. The van der Waals surface area contributed by atoms with Crippen LogP contribution in [0, 0.1) is 0 Å². The zero-order chi connectivity index (χ0) is 11.1. The molecule has 1 aromatic carbocycles. The Morgan fingerprint density at radius 1 is 1.40 bits per heavy atom. The second-order valence-corrected chi connectivity index (χ2v) is 3.46. The van der Waals surface area contributed by atoms with E-state index in [1.165, 1.54) is 5.69 Å². The third-order valence-electron chi connectivity index (χ3n) is 2.27. The molecule has 0 aliphatic rings. The molecule has 0 spiro atoms.